The third-order valence-corrected chi connectivity index (χ3v) is 4.01. The number of nitrogens with one attached hydrogen (secondary N) is 1. The van der Waals surface area contributed by atoms with E-state index in [1.807, 2.05) is 4.90 Å². The molecule has 0 saturated carbocycles. The summed E-state index contributed by atoms with van der Waals surface area (Å²) in [6.07, 6.45) is 6.74. The first-order chi connectivity index (χ1) is 10.2. The van der Waals surface area contributed by atoms with E-state index in [1.165, 1.54) is 0 Å². The van der Waals surface area contributed by atoms with Gasteiger partial charge in [0, 0.05) is 19.0 Å². The zero-order valence-corrected chi connectivity index (χ0v) is 12.3. The molecule has 0 unspecified atom stereocenters. The highest BCUT2D eigenvalue weighted by Gasteiger charge is 2.29. The monoisotopic (exact) mass is 293 g/mol. The van der Waals surface area contributed by atoms with Crippen molar-refractivity contribution < 1.29 is 14.3 Å². The molecule has 2 amide bonds. The lowest BCUT2D eigenvalue weighted by molar-refractivity contribution is -0.141. The average Bonchev–Trinajstić information content (AvgIpc) is 2.54. The Labute approximate surface area is 125 Å². The molecule has 6 nitrogen and oxygen atoms in total. The van der Waals surface area contributed by atoms with Crippen molar-refractivity contribution in [1.29, 1.82) is 0 Å². The quantitative estimate of drug-likeness (QED) is 0.697. The molecule has 116 valence electrons. The third-order valence-electron chi connectivity index (χ3n) is 4.01. The molecule has 0 atom stereocenters. The lowest BCUT2D eigenvalue weighted by Gasteiger charge is -2.35. The van der Waals surface area contributed by atoms with Crippen LogP contribution in [0.5, 0.6) is 0 Å². The molecular weight excluding hydrogens is 270 g/mol. The maximum absolute atomic E-state index is 12.4. The number of hydrogen-bond acceptors (Lipinski definition) is 4. The fraction of sp³-hybridized carbons (Fsp3) is 0.733. The predicted octanol–water partition coefficient (Wildman–Crippen LogP) is -0.693. The second-order valence-corrected chi connectivity index (χ2v) is 5.47. The van der Waals surface area contributed by atoms with E-state index in [1.54, 1.807) is 0 Å². The molecule has 0 aromatic heterocycles. The predicted molar refractivity (Wildman–Crippen MR) is 78.4 cm³/mol. The number of morpholine rings is 1. The molecule has 1 N–H and O–H groups in total. The molecule has 2 aliphatic heterocycles. The van der Waals surface area contributed by atoms with Gasteiger partial charge in [-0.1, -0.05) is 5.92 Å². The Morgan fingerprint density at radius 1 is 1.19 bits per heavy atom. The Morgan fingerprint density at radius 3 is 2.48 bits per heavy atom. The largest absolute Gasteiger partial charge is 0.378 e. The number of terminal acetylenes is 1. The SMILES string of the molecule is C#CCNC(=O)CN1CCC(C(=O)N2CCOCC2)CC1. The molecule has 21 heavy (non-hydrogen) atoms. The second kappa shape index (κ2) is 8.01. The van der Waals surface area contributed by atoms with Gasteiger partial charge in [0.05, 0.1) is 26.3 Å². The van der Waals surface area contributed by atoms with Crippen LogP contribution in [-0.4, -0.2) is 74.1 Å². The van der Waals surface area contributed by atoms with Gasteiger partial charge in [0.25, 0.3) is 0 Å². The van der Waals surface area contributed by atoms with Crippen molar-refractivity contribution >= 4 is 11.8 Å². The summed E-state index contributed by atoms with van der Waals surface area (Å²) >= 11 is 0. The summed E-state index contributed by atoms with van der Waals surface area (Å²) in [5.41, 5.74) is 0. The van der Waals surface area contributed by atoms with Gasteiger partial charge in [-0.15, -0.1) is 6.42 Å². The summed E-state index contributed by atoms with van der Waals surface area (Å²) < 4.78 is 5.27. The molecule has 0 bridgehead atoms. The van der Waals surface area contributed by atoms with Crippen molar-refractivity contribution in [3.8, 4) is 12.3 Å². The molecule has 6 heteroatoms. The van der Waals surface area contributed by atoms with Gasteiger partial charge >= 0.3 is 0 Å². The van der Waals surface area contributed by atoms with Crippen LogP contribution < -0.4 is 5.32 Å². The summed E-state index contributed by atoms with van der Waals surface area (Å²) in [7, 11) is 0. The van der Waals surface area contributed by atoms with E-state index >= 15 is 0 Å². The van der Waals surface area contributed by atoms with Crippen molar-refractivity contribution in [3.05, 3.63) is 0 Å². The highest BCUT2D eigenvalue weighted by atomic mass is 16.5. The Hall–Kier alpha value is -1.58. The smallest absolute Gasteiger partial charge is 0.234 e. The van der Waals surface area contributed by atoms with Crippen LogP contribution in [0.4, 0.5) is 0 Å². The van der Waals surface area contributed by atoms with Gasteiger partial charge in [-0.25, -0.2) is 0 Å². The van der Waals surface area contributed by atoms with Crippen LogP contribution >= 0.6 is 0 Å². The normalized spacial score (nSPS) is 20.8. The van der Waals surface area contributed by atoms with Crippen molar-refractivity contribution in [2.24, 2.45) is 5.92 Å². The van der Waals surface area contributed by atoms with Gasteiger partial charge in [0.2, 0.25) is 11.8 Å². The fourth-order valence-corrected chi connectivity index (χ4v) is 2.79. The van der Waals surface area contributed by atoms with Crippen LogP contribution in [0, 0.1) is 18.3 Å². The molecule has 0 aromatic carbocycles. The summed E-state index contributed by atoms with van der Waals surface area (Å²) in [5, 5.41) is 2.66. The van der Waals surface area contributed by atoms with Crippen LogP contribution in [0.1, 0.15) is 12.8 Å². The van der Waals surface area contributed by atoms with Crippen LogP contribution in [0.3, 0.4) is 0 Å². The summed E-state index contributed by atoms with van der Waals surface area (Å²) in [5.74, 6) is 2.67. The minimum absolute atomic E-state index is 0.0501. The van der Waals surface area contributed by atoms with Crippen molar-refractivity contribution in [2.75, 3.05) is 52.5 Å². The van der Waals surface area contributed by atoms with Crippen LogP contribution in [0.15, 0.2) is 0 Å². The third kappa shape index (κ3) is 4.73. The summed E-state index contributed by atoms with van der Waals surface area (Å²) in [4.78, 5) is 28.0. The number of rotatable bonds is 4. The van der Waals surface area contributed by atoms with Crippen molar-refractivity contribution in [2.45, 2.75) is 12.8 Å². The first kappa shape index (κ1) is 15.8. The molecule has 0 spiro atoms. The lowest BCUT2D eigenvalue weighted by atomic mass is 9.95. The molecule has 2 fully saturated rings. The highest BCUT2D eigenvalue weighted by Crippen LogP contribution is 2.20. The van der Waals surface area contributed by atoms with E-state index in [2.05, 4.69) is 16.1 Å². The van der Waals surface area contributed by atoms with Crippen LogP contribution in [0.2, 0.25) is 0 Å². The number of carbonyl (C=O) groups excluding carboxylic acids is 2. The number of ether oxygens (including phenoxy) is 1. The molecule has 0 radical (unpaired) electrons. The van der Waals surface area contributed by atoms with Crippen LogP contribution in [-0.2, 0) is 14.3 Å². The molecule has 0 aromatic rings. The topological polar surface area (TPSA) is 61.9 Å². The first-order valence-corrected chi connectivity index (χ1v) is 7.49. The van der Waals surface area contributed by atoms with Gasteiger partial charge in [-0.2, -0.15) is 0 Å². The number of amides is 2. The van der Waals surface area contributed by atoms with Crippen molar-refractivity contribution in [3.63, 3.8) is 0 Å². The Balaban J connectivity index is 1.71. The zero-order valence-electron chi connectivity index (χ0n) is 12.3. The molecular formula is C15H23N3O3. The molecule has 0 aliphatic carbocycles. The fourth-order valence-electron chi connectivity index (χ4n) is 2.79. The molecule has 2 aliphatic rings. The van der Waals surface area contributed by atoms with E-state index in [0.717, 1.165) is 25.9 Å². The Morgan fingerprint density at radius 2 is 1.86 bits per heavy atom. The van der Waals surface area contributed by atoms with E-state index in [4.69, 9.17) is 11.2 Å². The van der Waals surface area contributed by atoms with Gasteiger partial charge in [-0.05, 0) is 25.9 Å². The zero-order chi connectivity index (χ0) is 15.1. The lowest BCUT2D eigenvalue weighted by Crippen LogP contribution is -2.48. The van der Waals surface area contributed by atoms with Gasteiger partial charge in [0.15, 0.2) is 0 Å². The van der Waals surface area contributed by atoms with Gasteiger partial charge in [0.1, 0.15) is 0 Å². The van der Waals surface area contributed by atoms with Gasteiger partial charge < -0.3 is 15.0 Å². The summed E-state index contributed by atoms with van der Waals surface area (Å²) in [6, 6.07) is 0. The number of piperidine rings is 1. The molecule has 2 rings (SSSR count). The van der Waals surface area contributed by atoms with E-state index < -0.39 is 0 Å². The maximum Gasteiger partial charge on any atom is 0.234 e. The maximum atomic E-state index is 12.4. The molecule has 2 heterocycles. The Kier molecular flexibility index (Phi) is 6.03. The highest BCUT2D eigenvalue weighted by molar-refractivity contribution is 5.79. The molecule has 2 saturated heterocycles. The summed E-state index contributed by atoms with van der Waals surface area (Å²) in [6.45, 7) is 4.88. The second-order valence-electron chi connectivity index (χ2n) is 5.47. The standard InChI is InChI=1S/C15H23N3O3/c1-2-5-16-14(19)12-17-6-3-13(4-7-17)15(20)18-8-10-21-11-9-18/h1,13H,3-12H2,(H,16,19). The number of carbonyl (C=O) groups is 2. The Bertz CT molecular complexity index is 405. The van der Waals surface area contributed by atoms with E-state index in [-0.39, 0.29) is 24.3 Å². The number of nitrogens with zero attached hydrogens (tertiary/aromatic N) is 2. The van der Waals surface area contributed by atoms with Crippen LogP contribution in [0.25, 0.3) is 0 Å². The number of hydrogen-bond donors (Lipinski definition) is 1. The minimum Gasteiger partial charge on any atom is -0.378 e. The van der Waals surface area contributed by atoms with Gasteiger partial charge in [-0.3, -0.25) is 14.5 Å². The van der Waals surface area contributed by atoms with E-state index in [0.29, 0.717) is 32.8 Å². The first-order valence-electron chi connectivity index (χ1n) is 7.49. The number of likely N-dealkylation sites (tertiary alicyclic amines) is 1. The average molecular weight is 293 g/mol. The van der Waals surface area contributed by atoms with E-state index in [9.17, 15) is 9.59 Å². The minimum atomic E-state index is -0.0501. The van der Waals surface area contributed by atoms with Crippen molar-refractivity contribution in [1.82, 2.24) is 15.1 Å².